The van der Waals surface area contributed by atoms with Gasteiger partial charge in [0.25, 0.3) is 5.89 Å². The van der Waals surface area contributed by atoms with Gasteiger partial charge in [-0.2, -0.15) is 4.98 Å². The van der Waals surface area contributed by atoms with Crippen molar-refractivity contribution in [2.45, 2.75) is 10.6 Å². The lowest BCUT2D eigenvalue weighted by atomic mass is 10.2. The first kappa shape index (κ1) is 15.2. The van der Waals surface area contributed by atoms with Gasteiger partial charge in [-0.15, -0.1) is 11.8 Å². The van der Waals surface area contributed by atoms with E-state index in [-0.39, 0.29) is 0 Å². The SMILES string of the molecule is Clc1ccccc1-c1nc(CSc2ccnc3ccccc23)no1. The van der Waals surface area contributed by atoms with Crippen LogP contribution in [0.5, 0.6) is 0 Å². The number of rotatable bonds is 4. The Balaban J connectivity index is 1.56. The molecule has 2 aromatic heterocycles. The van der Waals surface area contributed by atoms with E-state index in [1.165, 1.54) is 0 Å². The number of halogens is 1. The summed E-state index contributed by atoms with van der Waals surface area (Å²) < 4.78 is 5.34. The van der Waals surface area contributed by atoms with E-state index in [2.05, 4.69) is 21.2 Å². The third-order valence-corrected chi connectivity index (χ3v) is 4.94. The molecule has 4 aromatic rings. The molecule has 0 N–H and O–H groups in total. The molecule has 0 atom stereocenters. The Morgan fingerprint density at radius 2 is 1.83 bits per heavy atom. The molecule has 2 heterocycles. The van der Waals surface area contributed by atoms with Crippen LogP contribution in [-0.2, 0) is 5.75 Å². The van der Waals surface area contributed by atoms with E-state index in [4.69, 9.17) is 16.1 Å². The number of hydrogen-bond acceptors (Lipinski definition) is 5. The molecule has 0 aliphatic carbocycles. The van der Waals surface area contributed by atoms with Crippen LogP contribution in [0.15, 0.2) is 70.2 Å². The Kier molecular flexibility index (Phi) is 4.19. The summed E-state index contributed by atoms with van der Waals surface area (Å²) in [5.41, 5.74) is 1.73. The highest BCUT2D eigenvalue weighted by Gasteiger charge is 2.12. The average molecular weight is 354 g/mol. The molecule has 0 aliphatic rings. The lowest BCUT2D eigenvalue weighted by Crippen LogP contribution is -1.86. The monoisotopic (exact) mass is 353 g/mol. The van der Waals surface area contributed by atoms with Crippen molar-refractivity contribution in [2.24, 2.45) is 0 Å². The zero-order chi connectivity index (χ0) is 16.4. The van der Waals surface area contributed by atoms with Crippen molar-refractivity contribution in [1.29, 1.82) is 0 Å². The summed E-state index contributed by atoms with van der Waals surface area (Å²) in [6.07, 6.45) is 1.82. The van der Waals surface area contributed by atoms with Crippen LogP contribution < -0.4 is 0 Å². The van der Waals surface area contributed by atoms with Crippen LogP contribution in [0.1, 0.15) is 5.82 Å². The summed E-state index contributed by atoms with van der Waals surface area (Å²) in [6, 6.07) is 17.5. The number of pyridine rings is 1. The fourth-order valence-electron chi connectivity index (χ4n) is 2.39. The van der Waals surface area contributed by atoms with Gasteiger partial charge in [0, 0.05) is 16.5 Å². The van der Waals surface area contributed by atoms with Gasteiger partial charge in [-0.3, -0.25) is 4.98 Å². The molecule has 0 saturated carbocycles. The number of fused-ring (bicyclic) bond motifs is 1. The molecular formula is C18H12ClN3OS. The quantitative estimate of drug-likeness (QED) is 0.470. The van der Waals surface area contributed by atoms with Crippen molar-refractivity contribution in [2.75, 3.05) is 0 Å². The van der Waals surface area contributed by atoms with Crippen LogP contribution >= 0.6 is 23.4 Å². The molecule has 2 aromatic carbocycles. The van der Waals surface area contributed by atoms with Crippen LogP contribution in [0.2, 0.25) is 5.02 Å². The minimum absolute atomic E-state index is 0.441. The van der Waals surface area contributed by atoms with Gasteiger partial charge in [-0.1, -0.05) is 47.1 Å². The number of nitrogens with zero attached hydrogens (tertiary/aromatic N) is 3. The minimum atomic E-state index is 0.441. The van der Waals surface area contributed by atoms with Crippen molar-refractivity contribution in [3.8, 4) is 11.5 Å². The maximum Gasteiger partial charge on any atom is 0.259 e. The summed E-state index contributed by atoms with van der Waals surface area (Å²) in [5, 5.41) is 5.77. The predicted octanol–water partition coefficient (Wildman–Crippen LogP) is 5.23. The van der Waals surface area contributed by atoms with Crippen LogP contribution in [-0.4, -0.2) is 15.1 Å². The minimum Gasteiger partial charge on any atom is -0.334 e. The summed E-state index contributed by atoms with van der Waals surface area (Å²) in [5.74, 6) is 1.69. The highest BCUT2D eigenvalue weighted by Crippen LogP contribution is 2.30. The zero-order valence-corrected chi connectivity index (χ0v) is 14.1. The molecule has 4 rings (SSSR count). The van der Waals surface area contributed by atoms with Gasteiger partial charge in [0.05, 0.1) is 21.9 Å². The first-order valence-corrected chi connectivity index (χ1v) is 8.71. The molecule has 24 heavy (non-hydrogen) atoms. The third-order valence-electron chi connectivity index (χ3n) is 3.54. The Morgan fingerprint density at radius 1 is 1.00 bits per heavy atom. The molecule has 0 spiro atoms. The van der Waals surface area contributed by atoms with Gasteiger partial charge in [0.1, 0.15) is 0 Å². The predicted molar refractivity (Wildman–Crippen MR) is 96.0 cm³/mol. The third kappa shape index (κ3) is 3.00. The first-order chi connectivity index (χ1) is 11.8. The Bertz CT molecular complexity index is 997. The summed E-state index contributed by atoms with van der Waals surface area (Å²) in [7, 11) is 0. The molecule has 0 radical (unpaired) electrons. The van der Waals surface area contributed by atoms with Crippen molar-refractivity contribution < 1.29 is 4.52 Å². The molecule has 0 unspecified atom stereocenters. The molecule has 118 valence electrons. The van der Waals surface area contributed by atoms with Crippen molar-refractivity contribution in [1.82, 2.24) is 15.1 Å². The van der Waals surface area contributed by atoms with Gasteiger partial charge < -0.3 is 4.52 Å². The fourth-order valence-corrected chi connectivity index (χ4v) is 3.50. The van der Waals surface area contributed by atoms with Crippen molar-refractivity contribution in [3.63, 3.8) is 0 Å². The summed E-state index contributed by atoms with van der Waals surface area (Å²) >= 11 is 7.82. The standard InChI is InChI=1S/C18H12ClN3OS/c19-14-7-3-1-5-12(14)18-21-17(22-23-18)11-24-16-9-10-20-15-8-4-2-6-13(15)16/h1-10H,11H2. The number of aromatic nitrogens is 3. The maximum absolute atomic E-state index is 6.17. The van der Waals surface area contributed by atoms with Crippen LogP contribution in [0, 0.1) is 0 Å². The highest BCUT2D eigenvalue weighted by molar-refractivity contribution is 7.98. The van der Waals surface area contributed by atoms with Gasteiger partial charge >= 0.3 is 0 Å². The zero-order valence-electron chi connectivity index (χ0n) is 12.5. The molecule has 0 fully saturated rings. The van der Waals surface area contributed by atoms with E-state index in [1.807, 2.05) is 48.7 Å². The van der Waals surface area contributed by atoms with E-state index in [1.54, 1.807) is 17.8 Å². The first-order valence-electron chi connectivity index (χ1n) is 7.35. The van der Waals surface area contributed by atoms with Crippen LogP contribution in [0.3, 0.4) is 0 Å². The topological polar surface area (TPSA) is 51.8 Å². The molecule has 0 aliphatic heterocycles. The largest absolute Gasteiger partial charge is 0.334 e. The van der Waals surface area contributed by atoms with E-state index in [0.29, 0.717) is 22.5 Å². The average Bonchev–Trinajstić information content (AvgIpc) is 3.09. The fraction of sp³-hybridized carbons (Fsp3) is 0.0556. The Labute approximate surface area is 147 Å². The molecular weight excluding hydrogens is 342 g/mol. The molecule has 0 amide bonds. The molecule has 0 bridgehead atoms. The lowest BCUT2D eigenvalue weighted by Gasteiger charge is -2.03. The molecule has 6 heteroatoms. The van der Waals surface area contributed by atoms with Crippen LogP contribution in [0.4, 0.5) is 0 Å². The smallest absolute Gasteiger partial charge is 0.259 e. The van der Waals surface area contributed by atoms with Crippen molar-refractivity contribution in [3.05, 3.63) is 71.6 Å². The molecule has 4 nitrogen and oxygen atoms in total. The van der Waals surface area contributed by atoms with E-state index < -0.39 is 0 Å². The van der Waals surface area contributed by atoms with Crippen LogP contribution in [0.25, 0.3) is 22.4 Å². The van der Waals surface area contributed by atoms with Gasteiger partial charge in [0.15, 0.2) is 5.82 Å². The number of para-hydroxylation sites is 1. The van der Waals surface area contributed by atoms with E-state index >= 15 is 0 Å². The second-order valence-corrected chi connectivity index (χ2v) is 6.53. The second kappa shape index (κ2) is 6.63. The lowest BCUT2D eigenvalue weighted by molar-refractivity contribution is 0.425. The van der Waals surface area contributed by atoms with E-state index in [9.17, 15) is 0 Å². The second-order valence-electron chi connectivity index (χ2n) is 5.11. The number of thioether (sulfide) groups is 1. The number of hydrogen-bond donors (Lipinski definition) is 0. The number of benzene rings is 2. The summed E-state index contributed by atoms with van der Waals surface area (Å²) in [4.78, 5) is 9.95. The van der Waals surface area contributed by atoms with Gasteiger partial charge in [-0.05, 0) is 24.3 Å². The maximum atomic E-state index is 6.17. The normalized spacial score (nSPS) is 11.0. The Morgan fingerprint density at radius 3 is 2.75 bits per heavy atom. The van der Waals surface area contributed by atoms with Gasteiger partial charge in [-0.25, -0.2) is 0 Å². The Hall–Kier alpha value is -2.37. The van der Waals surface area contributed by atoms with E-state index in [0.717, 1.165) is 21.4 Å². The van der Waals surface area contributed by atoms with Crippen molar-refractivity contribution >= 4 is 34.3 Å². The molecule has 0 saturated heterocycles. The van der Waals surface area contributed by atoms with Gasteiger partial charge in [0.2, 0.25) is 0 Å². The highest BCUT2D eigenvalue weighted by atomic mass is 35.5. The summed E-state index contributed by atoms with van der Waals surface area (Å²) in [6.45, 7) is 0.